The molecular weight excluding hydrogens is 252 g/mol. The van der Waals surface area contributed by atoms with Crippen LogP contribution in [-0.4, -0.2) is 31.4 Å². The molecule has 1 N–H and O–H groups in total. The lowest BCUT2D eigenvalue weighted by atomic mass is 9.89. The second-order valence-corrected chi connectivity index (χ2v) is 5.69. The first-order valence-corrected chi connectivity index (χ1v) is 7.25. The van der Waals surface area contributed by atoms with Crippen LogP contribution in [0.3, 0.4) is 0 Å². The Bertz CT molecular complexity index is 486. The summed E-state index contributed by atoms with van der Waals surface area (Å²) in [5.41, 5.74) is 1.85. The second-order valence-electron chi connectivity index (χ2n) is 5.69. The number of benzene rings is 1. The molecule has 4 heteroatoms. The van der Waals surface area contributed by atoms with Gasteiger partial charge >= 0.3 is 0 Å². The summed E-state index contributed by atoms with van der Waals surface area (Å²) < 4.78 is 12.0. The second kappa shape index (κ2) is 5.92. The van der Waals surface area contributed by atoms with E-state index in [0.29, 0.717) is 18.8 Å². The van der Waals surface area contributed by atoms with Crippen molar-refractivity contribution in [3.63, 3.8) is 0 Å². The van der Waals surface area contributed by atoms with Crippen LogP contribution in [0.4, 0.5) is 0 Å². The Morgan fingerprint density at radius 2 is 2.05 bits per heavy atom. The topological polar surface area (TPSA) is 54.3 Å². The molecule has 1 spiro atoms. The highest BCUT2D eigenvalue weighted by atomic mass is 16.6. The van der Waals surface area contributed by atoms with Crippen molar-refractivity contribution in [1.82, 2.24) is 5.32 Å². The van der Waals surface area contributed by atoms with E-state index in [2.05, 4.69) is 11.4 Å². The molecule has 1 unspecified atom stereocenters. The lowest BCUT2D eigenvalue weighted by molar-refractivity contribution is -0.0240. The van der Waals surface area contributed by atoms with Gasteiger partial charge in [-0.25, -0.2) is 0 Å². The van der Waals surface area contributed by atoms with Crippen molar-refractivity contribution in [1.29, 1.82) is 5.26 Å². The highest BCUT2D eigenvalue weighted by Crippen LogP contribution is 2.35. The van der Waals surface area contributed by atoms with Gasteiger partial charge in [0.25, 0.3) is 0 Å². The summed E-state index contributed by atoms with van der Waals surface area (Å²) >= 11 is 0. The maximum atomic E-state index is 8.77. The van der Waals surface area contributed by atoms with Crippen LogP contribution in [0.15, 0.2) is 24.3 Å². The maximum Gasteiger partial charge on any atom is 0.0991 e. The Morgan fingerprint density at radius 1 is 1.30 bits per heavy atom. The van der Waals surface area contributed by atoms with Gasteiger partial charge in [0.2, 0.25) is 0 Å². The smallest absolute Gasteiger partial charge is 0.0991 e. The van der Waals surface area contributed by atoms with Crippen molar-refractivity contribution < 1.29 is 9.47 Å². The van der Waals surface area contributed by atoms with Crippen molar-refractivity contribution in [2.75, 3.05) is 19.7 Å². The molecule has 0 bridgehead atoms. The highest BCUT2D eigenvalue weighted by Gasteiger charge is 2.41. The third kappa shape index (κ3) is 3.01. The summed E-state index contributed by atoms with van der Waals surface area (Å²) in [6.07, 6.45) is 3.38. The zero-order chi connectivity index (χ0) is 13.8. The van der Waals surface area contributed by atoms with E-state index in [4.69, 9.17) is 14.7 Å². The van der Waals surface area contributed by atoms with Crippen LogP contribution in [-0.2, 0) is 16.1 Å². The van der Waals surface area contributed by atoms with Gasteiger partial charge in [-0.15, -0.1) is 0 Å². The Morgan fingerprint density at radius 3 is 2.75 bits per heavy atom. The summed E-state index contributed by atoms with van der Waals surface area (Å²) in [4.78, 5) is 0. The minimum absolute atomic E-state index is 0.0561. The van der Waals surface area contributed by atoms with Crippen molar-refractivity contribution in [3.05, 3.63) is 35.4 Å². The third-order valence-electron chi connectivity index (χ3n) is 4.26. The normalized spacial score (nSPS) is 24.6. The molecule has 3 rings (SSSR count). The lowest BCUT2D eigenvalue weighted by Gasteiger charge is -2.32. The van der Waals surface area contributed by atoms with Gasteiger partial charge in [0.05, 0.1) is 36.6 Å². The maximum absolute atomic E-state index is 8.77. The van der Waals surface area contributed by atoms with Crippen molar-refractivity contribution >= 4 is 0 Å². The first-order valence-electron chi connectivity index (χ1n) is 7.25. The Hall–Kier alpha value is -1.41. The van der Waals surface area contributed by atoms with Gasteiger partial charge in [0, 0.05) is 6.42 Å². The number of rotatable bonds is 3. The molecule has 1 aromatic rings. The highest BCUT2D eigenvalue weighted by molar-refractivity contribution is 5.31. The molecule has 4 nitrogen and oxygen atoms in total. The van der Waals surface area contributed by atoms with E-state index in [-0.39, 0.29) is 11.7 Å². The van der Waals surface area contributed by atoms with Crippen LogP contribution in [0.2, 0.25) is 0 Å². The minimum atomic E-state index is 0.0561. The van der Waals surface area contributed by atoms with Crippen LogP contribution in [0, 0.1) is 11.3 Å². The van der Waals surface area contributed by atoms with Crippen LogP contribution in [0.5, 0.6) is 0 Å². The number of nitriles is 1. The molecule has 2 aliphatic rings. The summed E-state index contributed by atoms with van der Waals surface area (Å²) in [6, 6.07) is 9.69. The molecule has 106 valence electrons. The molecule has 20 heavy (non-hydrogen) atoms. The van der Waals surface area contributed by atoms with Gasteiger partial charge in [-0.2, -0.15) is 5.26 Å². The van der Waals surface area contributed by atoms with E-state index in [1.165, 1.54) is 0 Å². The fraction of sp³-hybridized carbons (Fsp3) is 0.562. The average molecular weight is 272 g/mol. The number of hydrogen-bond acceptors (Lipinski definition) is 4. The Balaban J connectivity index is 1.50. The van der Waals surface area contributed by atoms with Gasteiger partial charge < -0.3 is 14.8 Å². The zero-order valence-electron chi connectivity index (χ0n) is 11.6. The van der Waals surface area contributed by atoms with E-state index in [1.807, 2.05) is 24.3 Å². The number of piperidine rings is 1. The molecule has 2 saturated heterocycles. The van der Waals surface area contributed by atoms with E-state index < -0.39 is 0 Å². The van der Waals surface area contributed by atoms with Crippen LogP contribution in [0.1, 0.15) is 30.4 Å². The standard InChI is InChI=1S/C16H20N2O2/c17-10-13-1-3-14(4-2-13)11-19-15-9-16(20-12-15)5-7-18-8-6-16/h1-4,15,18H,5-9,11-12H2. The SMILES string of the molecule is N#Cc1ccc(COC2COC3(CCNCC3)C2)cc1. The van der Waals surface area contributed by atoms with Gasteiger partial charge in [-0.1, -0.05) is 12.1 Å². The first-order chi connectivity index (χ1) is 9.80. The largest absolute Gasteiger partial charge is 0.372 e. The summed E-state index contributed by atoms with van der Waals surface area (Å²) in [5, 5.41) is 12.1. The molecular formula is C16H20N2O2. The minimum Gasteiger partial charge on any atom is -0.372 e. The molecule has 2 heterocycles. The van der Waals surface area contributed by atoms with E-state index in [0.717, 1.165) is 37.9 Å². The van der Waals surface area contributed by atoms with Crippen LogP contribution >= 0.6 is 0 Å². The van der Waals surface area contributed by atoms with Gasteiger partial charge in [0.1, 0.15) is 0 Å². The van der Waals surface area contributed by atoms with Crippen molar-refractivity contribution in [2.45, 2.75) is 37.6 Å². The summed E-state index contributed by atoms with van der Waals surface area (Å²) in [5.74, 6) is 0. The Labute approximate surface area is 119 Å². The molecule has 1 atom stereocenters. The summed E-state index contributed by atoms with van der Waals surface area (Å²) in [6.45, 7) is 3.38. The molecule has 0 saturated carbocycles. The van der Waals surface area contributed by atoms with E-state index in [9.17, 15) is 0 Å². The molecule has 2 fully saturated rings. The van der Waals surface area contributed by atoms with Gasteiger partial charge in [0.15, 0.2) is 0 Å². The number of hydrogen-bond donors (Lipinski definition) is 1. The first kappa shape index (κ1) is 13.6. The predicted octanol–water partition coefficient (Wildman–Crippen LogP) is 1.99. The van der Waals surface area contributed by atoms with E-state index in [1.54, 1.807) is 0 Å². The van der Waals surface area contributed by atoms with Gasteiger partial charge in [-0.3, -0.25) is 0 Å². The third-order valence-corrected chi connectivity index (χ3v) is 4.26. The number of nitrogens with zero attached hydrogens (tertiary/aromatic N) is 1. The lowest BCUT2D eigenvalue weighted by Crippen LogP contribution is -2.41. The molecule has 2 aliphatic heterocycles. The molecule has 0 aromatic heterocycles. The average Bonchev–Trinajstić information content (AvgIpc) is 2.89. The molecule has 0 aliphatic carbocycles. The molecule has 1 aromatic carbocycles. The predicted molar refractivity (Wildman–Crippen MR) is 75.1 cm³/mol. The molecule has 0 amide bonds. The Kier molecular flexibility index (Phi) is 4.02. The fourth-order valence-corrected chi connectivity index (χ4v) is 3.03. The van der Waals surface area contributed by atoms with E-state index >= 15 is 0 Å². The summed E-state index contributed by atoms with van der Waals surface area (Å²) in [7, 11) is 0. The monoisotopic (exact) mass is 272 g/mol. The fourth-order valence-electron chi connectivity index (χ4n) is 3.03. The number of ether oxygens (including phenoxy) is 2. The quantitative estimate of drug-likeness (QED) is 0.914. The molecule has 0 radical (unpaired) electrons. The van der Waals surface area contributed by atoms with Gasteiger partial charge in [-0.05, 0) is 43.6 Å². The van der Waals surface area contributed by atoms with Crippen molar-refractivity contribution in [3.8, 4) is 6.07 Å². The zero-order valence-corrected chi connectivity index (χ0v) is 11.6. The van der Waals surface area contributed by atoms with Crippen LogP contribution in [0.25, 0.3) is 0 Å². The number of nitrogens with one attached hydrogen (secondary N) is 1. The van der Waals surface area contributed by atoms with Crippen molar-refractivity contribution in [2.24, 2.45) is 0 Å². The van der Waals surface area contributed by atoms with Crippen LogP contribution < -0.4 is 5.32 Å².